The number of methoxy groups -OCH3 is 1. The number of esters is 2. The van der Waals surface area contributed by atoms with E-state index < -0.39 is 22.8 Å². The van der Waals surface area contributed by atoms with Crippen LogP contribution in [0.2, 0.25) is 0 Å². The molecule has 1 N–H and O–H groups in total. The minimum atomic E-state index is -0.901. The summed E-state index contributed by atoms with van der Waals surface area (Å²) in [6.07, 6.45) is 0.496. The van der Waals surface area contributed by atoms with Crippen LogP contribution in [0.3, 0.4) is 0 Å². The highest BCUT2D eigenvalue weighted by atomic mass is 35.5. The van der Waals surface area contributed by atoms with E-state index in [2.05, 4.69) is 100 Å². The number of hydrogen-bond donors (Lipinski definition) is 1. The lowest BCUT2D eigenvalue weighted by molar-refractivity contribution is -0.384. The maximum absolute atomic E-state index is 13.6. The van der Waals surface area contributed by atoms with E-state index in [1.54, 1.807) is 19.9 Å². The van der Waals surface area contributed by atoms with Crippen molar-refractivity contribution >= 4 is 35.7 Å². The molecule has 0 aliphatic carbocycles. The van der Waals surface area contributed by atoms with Crippen LogP contribution >= 0.6 is 12.4 Å². The van der Waals surface area contributed by atoms with Crippen LogP contribution in [0.1, 0.15) is 48.1 Å². The minimum Gasteiger partial charge on any atom is -0.466 e. The Labute approximate surface area is 310 Å². The molecule has 1 fully saturated rings. The predicted octanol–water partition coefficient (Wildman–Crippen LogP) is 7.12. The number of nitrogens with one attached hydrogen (secondary N) is 1. The van der Waals surface area contributed by atoms with Gasteiger partial charge in [-0.3, -0.25) is 15.0 Å². The first-order valence-electron chi connectivity index (χ1n) is 17.1. The molecule has 1 saturated heterocycles. The molecule has 52 heavy (non-hydrogen) atoms. The van der Waals surface area contributed by atoms with Crippen molar-refractivity contribution in [3.05, 3.63) is 164 Å². The summed E-state index contributed by atoms with van der Waals surface area (Å²) in [7, 11) is 1.26. The molecular formula is C41H43ClN4O6. The molecule has 11 heteroatoms. The Kier molecular flexibility index (Phi) is 12.5. The van der Waals surface area contributed by atoms with E-state index in [4.69, 9.17) is 9.47 Å². The van der Waals surface area contributed by atoms with E-state index in [0.717, 1.165) is 37.4 Å². The molecule has 0 saturated carbocycles. The molecule has 0 radical (unpaired) electrons. The maximum Gasteiger partial charge on any atom is 0.336 e. The first-order chi connectivity index (χ1) is 24.7. The number of carbonyl (C=O) groups is 2. The van der Waals surface area contributed by atoms with Crippen molar-refractivity contribution in [2.75, 3.05) is 44.8 Å². The Morgan fingerprint density at radius 3 is 1.94 bits per heavy atom. The van der Waals surface area contributed by atoms with Crippen LogP contribution in [0, 0.1) is 10.1 Å². The Morgan fingerprint density at radius 2 is 1.38 bits per heavy atom. The summed E-state index contributed by atoms with van der Waals surface area (Å²) in [5.74, 6) is -2.14. The lowest BCUT2D eigenvalue weighted by Crippen LogP contribution is -2.48. The van der Waals surface area contributed by atoms with Crippen LogP contribution < -0.4 is 10.2 Å². The molecule has 1 atom stereocenters. The molecule has 4 aromatic carbocycles. The molecule has 2 aliphatic heterocycles. The fraction of sp³-hybridized carbons (Fsp3) is 0.268. The second-order valence-corrected chi connectivity index (χ2v) is 12.8. The summed E-state index contributed by atoms with van der Waals surface area (Å²) >= 11 is 0. The van der Waals surface area contributed by atoms with Gasteiger partial charge in [-0.2, -0.15) is 0 Å². The van der Waals surface area contributed by atoms with Crippen LogP contribution in [-0.2, 0) is 25.5 Å². The molecule has 2 aliphatic rings. The van der Waals surface area contributed by atoms with E-state index in [1.807, 2.05) is 0 Å². The minimum absolute atomic E-state index is 0. The van der Waals surface area contributed by atoms with E-state index in [1.165, 1.54) is 36.4 Å². The van der Waals surface area contributed by atoms with Gasteiger partial charge in [0.25, 0.3) is 5.69 Å². The van der Waals surface area contributed by atoms with Crippen LogP contribution in [0.15, 0.2) is 132 Å². The van der Waals surface area contributed by atoms with Gasteiger partial charge < -0.3 is 19.7 Å². The molecule has 2 heterocycles. The number of non-ortho nitro benzene ring substituents is 1. The molecule has 10 nitrogen and oxygen atoms in total. The van der Waals surface area contributed by atoms with Crippen LogP contribution in [-0.4, -0.2) is 61.7 Å². The van der Waals surface area contributed by atoms with Crippen molar-refractivity contribution in [1.82, 2.24) is 10.2 Å². The van der Waals surface area contributed by atoms with E-state index in [9.17, 15) is 19.7 Å². The van der Waals surface area contributed by atoms with Crippen molar-refractivity contribution in [3.8, 4) is 0 Å². The topological polar surface area (TPSA) is 114 Å². The van der Waals surface area contributed by atoms with Gasteiger partial charge in [-0.25, -0.2) is 9.59 Å². The number of nitro groups is 1. The number of anilines is 1. The fourth-order valence-corrected chi connectivity index (χ4v) is 7.13. The van der Waals surface area contributed by atoms with Gasteiger partial charge in [0.1, 0.15) is 0 Å². The summed E-state index contributed by atoms with van der Waals surface area (Å²) in [6, 6.07) is 35.8. The van der Waals surface area contributed by atoms with Crippen LogP contribution in [0.4, 0.5) is 11.4 Å². The molecule has 0 spiro atoms. The fourth-order valence-electron chi connectivity index (χ4n) is 7.13. The number of piperazine rings is 1. The van der Waals surface area contributed by atoms with Gasteiger partial charge in [0.15, 0.2) is 0 Å². The quantitative estimate of drug-likeness (QED) is 0.0982. The Bertz CT molecular complexity index is 1900. The van der Waals surface area contributed by atoms with Gasteiger partial charge in [0.05, 0.1) is 41.7 Å². The van der Waals surface area contributed by atoms with Gasteiger partial charge in [0.2, 0.25) is 0 Å². The maximum atomic E-state index is 13.6. The third kappa shape index (κ3) is 8.36. The molecule has 6 rings (SSSR count). The highest BCUT2D eigenvalue weighted by Gasteiger charge is 2.38. The van der Waals surface area contributed by atoms with Crippen molar-refractivity contribution < 1.29 is 24.0 Å². The Hall–Kier alpha value is -5.45. The third-order valence-corrected chi connectivity index (χ3v) is 9.64. The number of dihydropyridines is 1. The number of benzene rings is 4. The smallest absolute Gasteiger partial charge is 0.336 e. The van der Waals surface area contributed by atoms with Gasteiger partial charge >= 0.3 is 11.9 Å². The second-order valence-electron chi connectivity index (χ2n) is 12.8. The number of allylic oxidation sites excluding steroid dienone is 2. The molecule has 1 unspecified atom stereocenters. The predicted molar refractivity (Wildman–Crippen MR) is 203 cm³/mol. The van der Waals surface area contributed by atoms with Gasteiger partial charge in [-0.05, 0) is 48.2 Å². The van der Waals surface area contributed by atoms with Gasteiger partial charge in [-0.1, -0.05) is 84.9 Å². The Balaban J connectivity index is 0.00000523. The lowest BCUT2D eigenvalue weighted by atomic mass is 9.80. The number of nitrogens with zero attached hydrogens (tertiary/aromatic N) is 3. The van der Waals surface area contributed by atoms with E-state index in [0.29, 0.717) is 23.4 Å². The molecule has 270 valence electrons. The number of ether oxygens (including phenoxy) is 2. The molecular weight excluding hydrogens is 680 g/mol. The van der Waals surface area contributed by atoms with E-state index >= 15 is 0 Å². The van der Waals surface area contributed by atoms with Crippen molar-refractivity contribution in [3.63, 3.8) is 0 Å². The zero-order valence-corrected chi connectivity index (χ0v) is 30.3. The number of nitro benzene ring substituents is 1. The van der Waals surface area contributed by atoms with Crippen LogP contribution in [0.25, 0.3) is 0 Å². The van der Waals surface area contributed by atoms with Crippen molar-refractivity contribution in [2.45, 2.75) is 32.2 Å². The summed E-state index contributed by atoms with van der Waals surface area (Å²) in [5.41, 5.74) is 6.44. The van der Waals surface area contributed by atoms with Crippen molar-refractivity contribution in [2.24, 2.45) is 0 Å². The SMILES string of the molecule is COC(=O)C1=C(C)NC(C)=C(C(=O)OCCc2ccc(N3CCN(C(c4ccccc4)c4ccccc4)CC3)cc2)C1c1cccc([N+](=O)[O-])c1.Cl. The summed E-state index contributed by atoms with van der Waals surface area (Å²) in [5, 5.41) is 14.7. The number of hydrogen-bond acceptors (Lipinski definition) is 9. The monoisotopic (exact) mass is 722 g/mol. The zero-order valence-electron chi connectivity index (χ0n) is 29.5. The summed E-state index contributed by atoms with van der Waals surface area (Å²) in [4.78, 5) is 42.6. The second kappa shape index (κ2) is 17.2. The van der Waals surface area contributed by atoms with Gasteiger partial charge in [-0.15, -0.1) is 12.4 Å². The molecule has 0 aromatic heterocycles. The standard InChI is InChI=1S/C41H42N4O6.ClH/c1-28-36(40(46)50-3)38(33-15-10-16-35(27-33)45(48)49)37(29(2)42-28)41(47)51-26-21-30-17-19-34(20-18-30)43-22-24-44(25-23-43)39(31-11-6-4-7-12-31)32-13-8-5-9-14-32;/h4-20,27,38-39,42H,21-26H2,1-3H3;1H. The average Bonchev–Trinajstić information content (AvgIpc) is 3.16. The molecule has 0 bridgehead atoms. The first kappa shape index (κ1) is 37.8. The normalized spacial score (nSPS) is 16.2. The van der Waals surface area contributed by atoms with Crippen molar-refractivity contribution in [1.29, 1.82) is 0 Å². The zero-order chi connectivity index (χ0) is 35.9. The third-order valence-electron chi connectivity index (χ3n) is 9.64. The largest absolute Gasteiger partial charge is 0.466 e. The highest BCUT2D eigenvalue weighted by molar-refractivity contribution is 6.00. The summed E-state index contributed by atoms with van der Waals surface area (Å²) < 4.78 is 10.8. The van der Waals surface area contributed by atoms with Gasteiger partial charge in [0, 0.05) is 61.8 Å². The highest BCUT2D eigenvalue weighted by Crippen LogP contribution is 2.40. The number of carbonyl (C=O) groups excluding carboxylic acids is 2. The average molecular weight is 723 g/mol. The first-order valence-corrected chi connectivity index (χ1v) is 17.1. The molecule has 0 amide bonds. The number of rotatable bonds is 11. The number of halogens is 1. The Morgan fingerprint density at radius 1 is 0.808 bits per heavy atom. The van der Waals surface area contributed by atoms with E-state index in [-0.39, 0.29) is 41.9 Å². The molecule has 4 aromatic rings. The van der Waals surface area contributed by atoms with Crippen LogP contribution in [0.5, 0.6) is 0 Å². The lowest BCUT2D eigenvalue weighted by Gasteiger charge is -2.40. The summed E-state index contributed by atoms with van der Waals surface area (Å²) in [6.45, 7) is 7.22.